The van der Waals surface area contributed by atoms with Crippen LogP contribution < -0.4 is 0 Å². The molecule has 2 heteroatoms. The molecule has 0 saturated heterocycles. The van der Waals surface area contributed by atoms with E-state index in [-0.39, 0.29) is 10.8 Å². The SMILES string of the molecule is CCC1(C)CCC/C=C\CCCC(C)(C(=O)C2CC2)CCC1=O. The lowest BCUT2D eigenvalue weighted by Gasteiger charge is -2.31. The Morgan fingerprint density at radius 2 is 1.70 bits per heavy atom. The van der Waals surface area contributed by atoms with Gasteiger partial charge in [0.15, 0.2) is 0 Å². The highest BCUT2D eigenvalue weighted by Gasteiger charge is 2.42. The van der Waals surface area contributed by atoms with Crippen LogP contribution in [0.1, 0.15) is 91.4 Å². The van der Waals surface area contributed by atoms with E-state index < -0.39 is 0 Å². The van der Waals surface area contributed by atoms with Crippen LogP contribution in [0.3, 0.4) is 0 Å². The maximum absolute atomic E-state index is 12.8. The zero-order chi connectivity index (χ0) is 16.9. The summed E-state index contributed by atoms with van der Waals surface area (Å²) in [4.78, 5) is 25.6. The highest BCUT2D eigenvalue weighted by atomic mass is 16.1. The lowest BCUT2D eigenvalue weighted by Crippen LogP contribution is -2.33. The summed E-state index contributed by atoms with van der Waals surface area (Å²) in [5.74, 6) is 1.10. The number of rotatable bonds is 3. The number of hydrogen-bond acceptors (Lipinski definition) is 2. The number of hydrogen-bond donors (Lipinski definition) is 0. The van der Waals surface area contributed by atoms with E-state index in [0.717, 1.165) is 64.2 Å². The molecule has 0 aromatic carbocycles. The third-order valence-electron chi connectivity index (χ3n) is 6.27. The molecule has 0 aromatic heterocycles. The standard InChI is InChI=1S/C21H34O2/c1-4-20(2)14-9-7-5-6-8-10-15-21(3,16-13-18(20)22)19(23)17-11-12-17/h5-6,17H,4,7-16H2,1-3H3/b6-5-. The summed E-state index contributed by atoms with van der Waals surface area (Å²) in [5, 5.41) is 0. The van der Waals surface area contributed by atoms with Crippen molar-refractivity contribution < 1.29 is 9.59 Å². The predicted octanol–water partition coefficient (Wildman–Crippen LogP) is 5.65. The van der Waals surface area contributed by atoms with Crippen molar-refractivity contribution in [1.29, 1.82) is 0 Å². The fraction of sp³-hybridized carbons (Fsp3) is 0.810. The Hall–Kier alpha value is -0.920. The molecule has 0 spiro atoms. The Labute approximate surface area is 142 Å². The molecule has 2 atom stereocenters. The van der Waals surface area contributed by atoms with E-state index in [4.69, 9.17) is 0 Å². The first-order chi connectivity index (χ1) is 10.9. The van der Waals surface area contributed by atoms with Crippen molar-refractivity contribution in [3.8, 4) is 0 Å². The highest BCUT2D eigenvalue weighted by Crippen LogP contribution is 2.43. The van der Waals surface area contributed by atoms with Crippen LogP contribution in [-0.4, -0.2) is 11.6 Å². The van der Waals surface area contributed by atoms with Crippen LogP contribution in [0.15, 0.2) is 12.2 Å². The van der Waals surface area contributed by atoms with Gasteiger partial charge in [-0.05, 0) is 64.2 Å². The van der Waals surface area contributed by atoms with Gasteiger partial charge in [-0.2, -0.15) is 0 Å². The van der Waals surface area contributed by atoms with Gasteiger partial charge in [0.25, 0.3) is 0 Å². The number of carbonyl (C=O) groups excluding carboxylic acids is 2. The first kappa shape index (κ1) is 18.4. The molecular weight excluding hydrogens is 284 g/mol. The zero-order valence-electron chi connectivity index (χ0n) is 15.3. The fourth-order valence-corrected chi connectivity index (χ4v) is 3.87. The smallest absolute Gasteiger partial charge is 0.141 e. The molecular formula is C21H34O2. The van der Waals surface area contributed by atoms with E-state index in [0.29, 0.717) is 23.9 Å². The average Bonchev–Trinajstić information content (AvgIpc) is 3.38. The number of allylic oxidation sites excluding steroid dienone is 2. The Kier molecular flexibility index (Phi) is 6.22. The fourth-order valence-electron chi connectivity index (χ4n) is 3.87. The highest BCUT2D eigenvalue weighted by molar-refractivity contribution is 5.90. The molecule has 0 bridgehead atoms. The number of carbonyl (C=O) groups is 2. The molecule has 0 aliphatic heterocycles. The van der Waals surface area contributed by atoms with Crippen molar-refractivity contribution in [1.82, 2.24) is 0 Å². The second kappa shape index (κ2) is 7.77. The van der Waals surface area contributed by atoms with Crippen molar-refractivity contribution in [2.24, 2.45) is 16.7 Å². The topological polar surface area (TPSA) is 34.1 Å². The van der Waals surface area contributed by atoms with Gasteiger partial charge >= 0.3 is 0 Å². The molecule has 2 unspecified atom stereocenters. The Morgan fingerprint density at radius 3 is 2.26 bits per heavy atom. The average molecular weight is 319 g/mol. The molecule has 130 valence electrons. The minimum atomic E-state index is -0.284. The molecule has 1 fully saturated rings. The minimum Gasteiger partial charge on any atom is -0.299 e. The first-order valence-electron chi connectivity index (χ1n) is 9.64. The second-order valence-electron chi connectivity index (χ2n) is 8.29. The molecule has 0 N–H and O–H groups in total. The quantitative estimate of drug-likeness (QED) is 0.630. The van der Waals surface area contributed by atoms with E-state index >= 15 is 0 Å². The van der Waals surface area contributed by atoms with Gasteiger partial charge in [0.2, 0.25) is 0 Å². The summed E-state index contributed by atoms with van der Waals surface area (Å²) in [7, 11) is 0. The van der Waals surface area contributed by atoms with Crippen LogP contribution >= 0.6 is 0 Å². The lowest BCUT2D eigenvalue weighted by atomic mass is 9.71. The molecule has 0 heterocycles. The van der Waals surface area contributed by atoms with Crippen LogP contribution in [0, 0.1) is 16.7 Å². The Bertz CT molecular complexity index is 460. The molecule has 0 radical (unpaired) electrons. The molecule has 2 nitrogen and oxygen atoms in total. The zero-order valence-corrected chi connectivity index (χ0v) is 15.3. The van der Waals surface area contributed by atoms with Crippen molar-refractivity contribution >= 4 is 11.6 Å². The van der Waals surface area contributed by atoms with Gasteiger partial charge in [-0.3, -0.25) is 9.59 Å². The maximum atomic E-state index is 12.8. The van der Waals surface area contributed by atoms with Crippen molar-refractivity contribution in [3.63, 3.8) is 0 Å². The summed E-state index contributed by atoms with van der Waals surface area (Å²) in [6.45, 7) is 6.37. The van der Waals surface area contributed by atoms with Crippen molar-refractivity contribution in [2.75, 3.05) is 0 Å². The van der Waals surface area contributed by atoms with E-state index in [9.17, 15) is 9.59 Å². The molecule has 2 aliphatic carbocycles. The van der Waals surface area contributed by atoms with Gasteiger partial charge in [-0.15, -0.1) is 0 Å². The Balaban J connectivity index is 2.12. The van der Waals surface area contributed by atoms with Crippen LogP contribution in [0.4, 0.5) is 0 Å². The monoisotopic (exact) mass is 318 g/mol. The summed E-state index contributed by atoms with van der Waals surface area (Å²) in [6, 6.07) is 0. The van der Waals surface area contributed by atoms with Crippen LogP contribution in [0.5, 0.6) is 0 Å². The number of Topliss-reactive ketones (excluding diaryl/α,β-unsaturated/α-hetero) is 2. The molecule has 2 rings (SSSR count). The lowest BCUT2D eigenvalue weighted by molar-refractivity contribution is -0.132. The van der Waals surface area contributed by atoms with Gasteiger partial charge in [0.1, 0.15) is 11.6 Å². The van der Waals surface area contributed by atoms with Crippen LogP contribution in [0.25, 0.3) is 0 Å². The minimum absolute atomic E-state index is 0.203. The Morgan fingerprint density at radius 1 is 1.09 bits per heavy atom. The van der Waals surface area contributed by atoms with Gasteiger partial charge in [-0.1, -0.05) is 32.9 Å². The van der Waals surface area contributed by atoms with Gasteiger partial charge in [-0.25, -0.2) is 0 Å². The van der Waals surface area contributed by atoms with E-state index in [2.05, 4.69) is 32.9 Å². The molecule has 0 aromatic rings. The largest absolute Gasteiger partial charge is 0.299 e. The van der Waals surface area contributed by atoms with E-state index in [1.807, 2.05) is 0 Å². The molecule has 0 amide bonds. The first-order valence-corrected chi connectivity index (χ1v) is 9.64. The van der Waals surface area contributed by atoms with Gasteiger partial charge in [0, 0.05) is 23.2 Å². The summed E-state index contributed by atoms with van der Waals surface area (Å²) < 4.78 is 0. The van der Waals surface area contributed by atoms with Crippen LogP contribution in [0.2, 0.25) is 0 Å². The normalized spacial score (nSPS) is 35.7. The van der Waals surface area contributed by atoms with Gasteiger partial charge in [0.05, 0.1) is 0 Å². The summed E-state index contributed by atoms with van der Waals surface area (Å²) in [5.41, 5.74) is -0.487. The summed E-state index contributed by atoms with van der Waals surface area (Å²) >= 11 is 0. The van der Waals surface area contributed by atoms with E-state index in [1.54, 1.807) is 0 Å². The van der Waals surface area contributed by atoms with Crippen LogP contribution in [-0.2, 0) is 9.59 Å². The van der Waals surface area contributed by atoms with Crippen molar-refractivity contribution in [2.45, 2.75) is 91.4 Å². The third-order valence-corrected chi connectivity index (χ3v) is 6.27. The summed E-state index contributed by atoms with van der Waals surface area (Å²) in [6.07, 6.45) is 15.1. The maximum Gasteiger partial charge on any atom is 0.141 e. The van der Waals surface area contributed by atoms with E-state index in [1.165, 1.54) is 0 Å². The molecule has 1 saturated carbocycles. The molecule has 2 aliphatic rings. The number of ketones is 2. The third kappa shape index (κ3) is 4.78. The van der Waals surface area contributed by atoms with Crippen molar-refractivity contribution in [3.05, 3.63) is 12.2 Å². The van der Waals surface area contributed by atoms with Gasteiger partial charge < -0.3 is 0 Å². The predicted molar refractivity (Wildman–Crippen MR) is 95.3 cm³/mol. The molecule has 23 heavy (non-hydrogen) atoms. The second-order valence-corrected chi connectivity index (χ2v) is 8.29.